The van der Waals surface area contributed by atoms with E-state index in [0.29, 0.717) is 12.8 Å². The van der Waals surface area contributed by atoms with Crippen LogP contribution in [0.15, 0.2) is 11.3 Å². The van der Waals surface area contributed by atoms with E-state index in [1.54, 1.807) is 6.92 Å². The zero-order chi connectivity index (χ0) is 21.0. The molecule has 0 radical (unpaired) electrons. The van der Waals surface area contributed by atoms with Gasteiger partial charge in [-0.2, -0.15) is 0 Å². The molecule has 3 rings (SSSR count). The van der Waals surface area contributed by atoms with Crippen molar-refractivity contribution in [1.82, 2.24) is 20.9 Å². The van der Waals surface area contributed by atoms with Gasteiger partial charge in [-0.3, -0.25) is 14.5 Å². The maximum atomic E-state index is 12.7. The number of imide groups is 1. The Hall–Kier alpha value is -3.11. The molecule has 2 aliphatic heterocycles. The fraction of sp³-hybridized carbons (Fsp3) is 0.611. The number of amides is 5. The number of ether oxygens (including phenoxy) is 2. The molecule has 3 N–H and O–H groups in total. The highest BCUT2D eigenvalue weighted by molar-refractivity contribution is 6.08. The summed E-state index contributed by atoms with van der Waals surface area (Å²) in [6, 6.07) is -1.16. The molecule has 0 atom stereocenters. The summed E-state index contributed by atoms with van der Waals surface area (Å²) in [5, 5.41) is 7.56. The van der Waals surface area contributed by atoms with Gasteiger partial charge in [-0.1, -0.05) is 19.3 Å². The Morgan fingerprint density at radius 1 is 1.10 bits per heavy atom. The minimum atomic E-state index is -0.918. The van der Waals surface area contributed by atoms with Gasteiger partial charge in [0.2, 0.25) is 0 Å². The fourth-order valence-corrected chi connectivity index (χ4v) is 3.71. The first-order chi connectivity index (χ1) is 13.9. The number of urea groups is 2. The molecule has 1 saturated heterocycles. The third-order valence-electron chi connectivity index (χ3n) is 5.19. The van der Waals surface area contributed by atoms with Crippen molar-refractivity contribution in [2.75, 3.05) is 26.3 Å². The number of esters is 2. The van der Waals surface area contributed by atoms with Gasteiger partial charge >= 0.3 is 24.0 Å². The van der Waals surface area contributed by atoms with Gasteiger partial charge < -0.3 is 25.4 Å². The van der Waals surface area contributed by atoms with Crippen molar-refractivity contribution in [3.05, 3.63) is 11.3 Å². The predicted molar refractivity (Wildman–Crippen MR) is 97.2 cm³/mol. The molecule has 1 aliphatic carbocycles. The van der Waals surface area contributed by atoms with Gasteiger partial charge in [-0.25, -0.2) is 14.4 Å². The van der Waals surface area contributed by atoms with Crippen molar-refractivity contribution >= 4 is 29.9 Å². The molecule has 29 heavy (non-hydrogen) atoms. The van der Waals surface area contributed by atoms with E-state index in [2.05, 4.69) is 16.0 Å². The minimum absolute atomic E-state index is 0.0624. The summed E-state index contributed by atoms with van der Waals surface area (Å²) in [7, 11) is 0. The summed E-state index contributed by atoms with van der Waals surface area (Å²) in [4.78, 5) is 61.5. The lowest BCUT2D eigenvalue weighted by Gasteiger charge is -2.30. The molecule has 11 heteroatoms. The van der Waals surface area contributed by atoms with Gasteiger partial charge in [0.15, 0.2) is 0 Å². The first kappa shape index (κ1) is 20.6. The van der Waals surface area contributed by atoms with E-state index < -0.39 is 48.6 Å². The van der Waals surface area contributed by atoms with Crippen molar-refractivity contribution in [3.8, 4) is 0 Å². The number of hydrogen-bond donors (Lipinski definition) is 3. The monoisotopic (exact) mass is 408 g/mol. The summed E-state index contributed by atoms with van der Waals surface area (Å²) >= 11 is 0. The number of nitrogens with one attached hydrogen (secondary N) is 3. The van der Waals surface area contributed by atoms with Crippen LogP contribution in [0.2, 0.25) is 0 Å². The largest absolute Gasteiger partial charge is 0.463 e. The number of nitrogens with zero attached hydrogens (tertiary/aromatic N) is 1. The highest BCUT2D eigenvalue weighted by Gasteiger charge is 2.51. The Balaban J connectivity index is 1.61. The molecule has 0 aromatic carbocycles. The van der Waals surface area contributed by atoms with Gasteiger partial charge in [0.05, 0.1) is 24.4 Å². The summed E-state index contributed by atoms with van der Waals surface area (Å²) < 4.78 is 10.0. The molecule has 1 saturated carbocycles. The van der Waals surface area contributed by atoms with Gasteiger partial charge in [-0.05, 0) is 19.8 Å². The Morgan fingerprint density at radius 3 is 2.52 bits per heavy atom. The Kier molecular flexibility index (Phi) is 6.04. The summed E-state index contributed by atoms with van der Waals surface area (Å²) in [5.74, 6) is -1.88. The van der Waals surface area contributed by atoms with Crippen molar-refractivity contribution in [2.45, 2.75) is 44.6 Å². The molecule has 158 valence electrons. The van der Waals surface area contributed by atoms with Crippen LogP contribution in [-0.4, -0.2) is 66.7 Å². The van der Waals surface area contributed by atoms with E-state index in [0.717, 1.165) is 24.2 Å². The number of hydrogen-bond acceptors (Lipinski definition) is 7. The van der Waals surface area contributed by atoms with Crippen LogP contribution in [0.4, 0.5) is 9.59 Å². The van der Waals surface area contributed by atoms with Crippen molar-refractivity contribution < 1.29 is 33.4 Å². The molecule has 0 aromatic rings. The van der Waals surface area contributed by atoms with E-state index in [4.69, 9.17) is 9.47 Å². The molecule has 0 unspecified atom stereocenters. The molecule has 2 heterocycles. The van der Waals surface area contributed by atoms with Crippen LogP contribution in [0.1, 0.15) is 39.0 Å². The normalized spacial score (nSPS) is 20.9. The highest BCUT2D eigenvalue weighted by Crippen LogP contribution is 2.33. The lowest BCUT2D eigenvalue weighted by atomic mass is 9.82. The molecular weight excluding hydrogens is 384 g/mol. The number of rotatable bonds is 6. The minimum Gasteiger partial charge on any atom is -0.463 e. The second kappa shape index (κ2) is 8.50. The molecule has 0 aromatic heterocycles. The summed E-state index contributed by atoms with van der Waals surface area (Å²) in [6.07, 6.45) is 3.78. The van der Waals surface area contributed by atoms with E-state index >= 15 is 0 Å². The predicted octanol–water partition coefficient (Wildman–Crippen LogP) is -0.0857. The molecule has 0 bridgehead atoms. The molecule has 5 amide bonds. The smallest absolute Gasteiger partial charge is 0.337 e. The third-order valence-corrected chi connectivity index (χ3v) is 5.19. The zero-order valence-electron chi connectivity index (χ0n) is 16.2. The first-order valence-corrected chi connectivity index (χ1v) is 9.60. The standard InChI is InChI=1S/C18H24N4O7/c1-2-28-14(24)11-8-19-16(26)20-12(11)10-29-13(23)9-22-15(25)18(21-17(22)27)6-4-3-5-7-18/h2-10H2,1H3,(H,21,27)(H2,19,20,26). The Labute approximate surface area is 167 Å². The number of carbonyl (C=O) groups excluding carboxylic acids is 5. The SMILES string of the molecule is CCOC(=O)C1=C(COC(=O)CN2C(=O)NC3(CCCCC3)C2=O)NC(=O)NC1. The van der Waals surface area contributed by atoms with E-state index in [1.165, 1.54) is 0 Å². The van der Waals surface area contributed by atoms with Crippen LogP contribution in [0.5, 0.6) is 0 Å². The van der Waals surface area contributed by atoms with Crippen LogP contribution in [0, 0.1) is 0 Å². The number of carbonyl (C=O) groups is 5. The van der Waals surface area contributed by atoms with Gasteiger partial charge in [0.1, 0.15) is 18.7 Å². The zero-order valence-corrected chi connectivity index (χ0v) is 16.2. The van der Waals surface area contributed by atoms with E-state index in [1.807, 2.05) is 0 Å². The van der Waals surface area contributed by atoms with Crippen molar-refractivity contribution in [1.29, 1.82) is 0 Å². The third kappa shape index (κ3) is 4.33. The van der Waals surface area contributed by atoms with Gasteiger partial charge in [0.25, 0.3) is 5.91 Å². The molecule has 2 fully saturated rings. The lowest BCUT2D eigenvalue weighted by molar-refractivity contribution is -0.147. The second-order valence-corrected chi connectivity index (χ2v) is 7.11. The van der Waals surface area contributed by atoms with Crippen molar-refractivity contribution in [2.24, 2.45) is 0 Å². The fourth-order valence-electron chi connectivity index (χ4n) is 3.71. The quantitative estimate of drug-likeness (QED) is 0.412. The van der Waals surface area contributed by atoms with Crippen LogP contribution >= 0.6 is 0 Å². The summed E-state index contributed by atoms with van der Waals surface area (Å²) in [5.41, 5.74) is -0.685. The first-order valence-electron chi connectivity index (χ1n) is 9.60. The van der Waals surface area contributed by atoms with Crippen LogP contribution in [-0.2, 0) is 23.9 Å². The maximum Gasteiger partial charge on any atom is 0.337 e. The average Bonchev–Trinajstić information content (AvgIpc) is 2.91. The molecule has 11 nitrogen and oxygen atoms in total. The second-order valence-electron chi connectivity index (χ2n) is 7.11. The molecule has 1 spiro atoms. The Bertz CT molecular complexity index is 770. The molecular formula is C18H24N4O7. The topological polar surface area (TPSA) is 143 Å². The van der Waals surface area contributed by atoms with Crippen LogP contribution < -0.4 is 16.0 Å². The Morgan fingerprint density at radius 2 is 1.83 bits per heavy atom. The maximum absolute atomic E-state index is 12.7. The average molecular weight is 408 g/mol. The van der Waals surface area contributed by atoms with E-state index in [9.17, 15) is 24.0 Å². The van der Waals surface area contributed by atoms with Gasteiger partial charge in [-0.15, -0.1) is 0 Å². The van der Waals surface area contributed by atoms with Crippen LogP contribution in [0.3, 0.4) is 0 Å². The lowest BCUT2D eigenvalue weighted by Crippen LogP contribution is -2.48. The van der Waals surface area contributed by atoms with Gasteiger partial charge in [0, 0.05) is 0 Å². The molecule has 3 aliphatic rings. The van der Waals surface area contributed by atoms with Crippen molar-refractivity contribution in [3.63, 3.8) is 0 Å². The highest BCUT2D eigenvalue weighted by atomic mass is 16.5. The van der Waals surface area contributed by atoms with Crippen LogP contribution in [0.25, 0.3) is 0 Å². The van der Waals surface area contributed by atoms with E-state index in [-0.39, 0.29) is 24.4 Å². The summed E-state index contributed by atoms with van der Waals surface area (Å²) in [6.45, 7) is 0.796.